The molecule has 1 aliphatic heterocycles. The highest BCUT2D eigenvalue weighted by atomic mass is 32.2. The Morgan fingerprint density at radius 2 is 2.26 bits per heavy atom. The van der Waals surface area contributed by atoms with Crippen LogP contribution in [0.25, 0.3) is 0 Å². The smallest absolute Gasteiger partial charge is 0.329 e. The zero-order valence-corrected chi connectivity index (χ0v) is 11.9. The number of thioether (sulfide) groups is 1. The van der Waals surface area contributed by atoms with Gasteiger partial charge >= 0.3 is 5.97 Å². The van der Waals surface area contributed by atoms with E-state index in [0.29, 0.717) is 12.5 Å². The van der Waals surface area contributed by atoms with Crippen molar-refractivity contribution < 1.29 is 14.3 Å². The lowest BCUT2D eigenvalue weighted by Gasteiger charge is -2.21. The number of rotatable bonds is 4. The predicted octanol–water partition coefficient (Wildman–Crippen LogP) is 2.42. The molecule has 0 saturated heterocycles. The average Bonchev–Trinajstić information content (AvgIpc) is 3.05. The Morgan fingerprint density at radius 1 is 1.42 bits per heavy atom. The van der Waals surface area contributed by atoms with E-state index in [2.05, 4.69) is 4.99 Å². The first kappa shape index (κ1) is 13.2. The van der Waals surface area contributed by atoms with Crippen molar-refractivity contribution in [2.24, 2.45) is 22.7 Å². The van der Waals surface area contributed by atoms with Gasteiger partial charge in [0.25, 0.3) is 5.91 Å². The first-order chi connectivity index (χ1) is 9.17. The third kappa shape index (κ3) is 2.57. The third-order valence-corrected chi connectivity index (χ3v) is 5.69. The van der Waals surface area contributed by atoms with Gasteiger partial charge in [-0.3, -0.25) is 9.59 Å². The van der Waals surface area contributed by atoms with Gasteiger partial charge in [0.1, 0.15) is 0 Å². The van der Waals surface area contributed by atoms with Crippen LogP contribution >= 0.6 is 11.8 Å². The molecule has 4 atom stereocenters. The molecule has 0 radical (unpaired) electrons. The van der Waals surface area contributed by atoms with Gasteiger partial charge in [0.15, 0.2) is 5.25 Å². The lowest BCUT2D eigenvalue weighted by atomic mass is 9.87. The van der Waals surface area contributed by atoms with Crippen LogP contribution in [0.2, 0.25) is 0 Å². The van der Waals surface area contributed by atoms with E-state index >= 15 is 0 Å². The van der Waals surface area contributed by atoms with E-state index in [-0.39, 0.29) is 5.91 Å². The molecule has 0 aromatic heterocycles. The number of carbonyl (C=O) groups excluding carboxylic acids is 2. The fourth-order valence-corrected chi connectivity index (χ4v) is 4.75. The number of esters is 1. The van der Waals surface area contributed by atoms with Gasteiger partial charge in [-0.15, -0.1) is 0 Å². The summed E-state index contributed by atoms with van der Waals surface area (Å²) in [5.74, 6) is 1.63. The van der Waals surface area contributed by atoms with Gasteiger partial charge in [0, 0.05) is 0 Å². The number of carbonyl (C=O) groups is 2. The molecule has 0 aromatic rings. The molecule has 0 spiro atoms. The van der Waals surface area contributed by atoms with Crippen LogP contribution < -0.4 is 0 Å². The molecule has 2 aliphatic carbocycles. The molecule has 1 amide bonds. The van der Waals surface area contributed by atoms with Crippen LogP contribution in [0.1, 0.15) is 39.0 Å². The second-order valence-electron chi connectivity index (χ2n) is 5.73. The van der Waals surface area contributed by atoms with Crippen LogP contribution in [0.3, 0.4) is 0 Å². The number of hydrogen-bond donors (Lipinski definition) is 0. The second-order valence-corrected chi connectivity index (χ2v) is 6.91. The van der Waals surface area contributed by atoms with Crippen molar-refractivity contribution in [2.45, 2.75) is 44.3 Å². The Hall–Kier alpha value is -0.840. The van der Waals surface area contributed by atoms with Crippen molar-refractivity contribution >= 4 is 28.7 Å². The summed E-state index contributed by atoms with van der Waals surface area (Å²) in [5, 5.41) is 0.106. The molecule has 19 heavy (non-hydrogen) atoms. The van der Waals surface area contributed by atoms with Crippen molar-refractivity contribution in [1.82, 2.24) is 0 Å². The Bertz CT molecular complexity index is 434. The normalized spacial score (nSPS) is 36.7. The molecule has 0 aromatic carbocycles. The molecule has 3 rings (SSSR count). The minimum atomic E-state index is -0.742. The van der Waals surface area contributed by atoms with E-state index in [1.807, 2.05) is 0 Å². The molecular weight excluding hydrogens is 262 g/mol. The monoisotopic (exact) mass is 281 g/mol. The first-order valence-electron chi connectivity index (χ1n) is 7.12. The molecule has 1 heterocycles. The van der Waals surface area contributed by atoms with E-state index < -0.39 is 11.2 Å². The van der Waals surface area contributed by atoms with Crippen LogP contribution in [-0.2, 0) is 14.3 Å². The van der Waals surface area contributed by atoms with Crippen LogP contribution in [0.5, 0.6) is 0 Å². The van der Waals surface area contributed by atoms with Gasteiger partial charge in [-0.25, -0.2) is 4.99 Å². The van der Waals surface area contributed by atoms with Gasteiger partial charge in [-0.05, 0) is 50.4 Å². The number of amides is 1. The van der Waals surface area contributed by atoms with Gasteiger partial charge in [-0.1, -0.05) is 18.2 Å². The number of hydrogen-bond acceptors (Lipinski definition) is 4. The fourth-order valence-electron chi connectivity index (χ4n) is 3.71. The summed E-state index contributed by atoms with van der Waals surface area (Å²) in [5.41, 5.74) is 0. The zero-order chi connectivity index (χ0) is 13.4. The number of aliphatic imine (C=N–C) groups is 1. The zero-order valence-electron chi connectivity index (χ0n) is 11.1. The Balaban J connectivity index is 1.57. The Morgan fingerprint density at radius 3 is 2.89 bits per heavy atom. The van der Waals surface area contributed by atoms with E-state index in [0.717, 1.165) is 23.3 Å². The molecule has 1 unspecified atom stereocenters. The van der Waals surface area contributed by atoms with Crippen molar-refractivity contribution in [3.05, 3.63) is 0 Å². The highest BCUT2D eigenvalue weighted by Gasteiger charge is 2.42. The molecule has 2 bridgehead atoms. The van der Waals surface area contributed by atoms with Crippen LogP contribution in [0, 0.1) is 17.8 Å². The van der Waals surface area contributed by atoms with Gasteiger partial charge in [0.05, 0.1) is 11.7 Å². The number of nitrogens with zero attached hydrogens (tertiary/aromatic N) is 1. The maximum absolute atomic E-state index is 11.7. The Labute approximate surface area is 117 Å². The molecule has 0 N–H and O–H groups in total. The van der Waals surface area contributed by atoms with E-state index in [1.54, 1.807) is 6.92 Å². The lowest BCUT2D eigenvalue weighted by Crippen LogP contribution is -2.25. The van der Waals surface area contributed by atoms with Crippen LogP contribution in [0.4, 0.5) is 0 Å². The average molecular weight is 281 g/mol. The van der Waals surface area contributed by atoms with Crippen molar-refractivity contribution in [3.8, 4) is 0 Å². The highest BCUT2D eigenvalue weighted by Crippen LogP contribution is 2.50. The SMILES string of the molecule is CCOC(=O)C1SC(C[C@H]2C[C@@H]3CC[C@H]2C3)=NC1=O. The molecule has 2 saturated carbocycles. The largest absolute Gasteiger partial charge is 0.465 e. The van der Waals surface area contributed by atoms with Crippen molar-refractivity contribution in [3.63, 3.8) is 0 Å². The summed E-state index contributed by atoms with van der Waals surface area (Å²) in [7, 11) is 0. The fraction of sp³-hybridized carbons (Fsp3) is 0.786. The first-order valence-corrected chi connectivity index (χ1v) is 8.00. The molecule has 3 aliphatic rings. The highest BCUT2D eigenvalue weighted by molar-refractivity contribution is 8.16. The molecular formula is C14H19NO3S. The molecule has 4 nitrogen and oxygen atoms in total. The predicted molar refractivity (Wildman–Crippen MR) is 74.0 cm³/mol. The number of ether oxygens (including phenoxy) is 1. The van der Waals surface area contributed by atoms with Crippen molar-refractivity contribution in [1.29, 1.82) is 0 Å². The van der Waals surface area contributed by atoms with Gasteiger partial charge in [0.2, 0.25) is 0 Å². The second kappa shape index (κ2) is 5.27. The summed E-state index contributed by atoms with van der Waals surface area (Å²) in [6, 6.07) is 0. The summed E-state index contributed by atoms with van der Waals surface area (Å²) >= 11 is 1.31. The standard InChI is InChI=1S/C14H19NO3S/c1-2-18-14(17)12-13(16)15-11(19-12)7-10-6-8-3-4-9(10)5-8/h8-10,12H,2-7H2,1H3/t8-,9+,10-,12?/m1/s1. The quantitative estimate of drug-likeness (QED) is 0.586. The number of fused-ring (bicyclic) bond motifs is 2. The lowest BCUT2D eigenvalue weighted by molar-refractivity contribution is -0.144. The molecule has 2 fully saturated rings. The topological polar surface area (TPSA) is 55.7 Å². The summed E-state index contributed by atoms with van der Waals surface area (Å²) in [4.78, 5) is 27.4. The van der Waals surface area contributed by atoms with E-state index in [9.17, 15) is 9.59 Å². The van der Waals surface area contributed by atoms with Gasteiger partial charge in [-0.2, -0.15) is 0 Å². The minimum absolute atomic E-state index is 0.310. The summed E-state index contributed by atoms with van der Waals surface area (Å²) < 4.78 is 4.91. The molecule has 5 heteroatoms. The maximum Gasteiger partial charge on any atom is 0.329 e. The summed E-state index contributed by atoms with van der Waals surface area (Å²) in [6.07, 6.45) is 6.24. The summed E-state index contributed by atoms with van der Waals surface area (Å²) in [6.45, 7) is 2.06. The maximum atomic E-state index is 11.7. The Kier molecular flexibility index (Phi) is 3.65. The van der Waals surface area contributed by atoms with E-state index in [4.69, 9.17) is 4.74 Å². The minimum Gasteiger partial charge on any atom is -0.465 e. The third-order valence-electron chi connectivity index (χ3n) is 4.54. The van der Waals surface area contributed by atoms with Crippen LogP contribution in [-0.4, -0.2) is 28.8 Å². The molecule has 104 valence electrons. The van der Waals surface area contributed by atoms with E-state index in [1.165, 1.54) is 37.4 Å². The van der Waals surface area contributed by atoms with Crippen molar-refractivity contribution in [2.75, 3.05) is 6.61 Å². The van der Waals surface area contributed by atoms with Gasteiger partial charge < -0.3 is 4.74 Å². The van der Waals surface area contributed by atoms with Crippen LogP contribution in [0.15, 0.2) is 4.99 Å².